The first-order valence-electron chi connectivity index (χ1n) is 7.07. The molecule has 0 spiro atoms. The summed E-state index contributed by atoms with van der Waals surface area (Å²) in [6, 6.07) is 9.09. The summed E-state index contributed by atoms with van der Waals surface area (Å²) in [4.78, 5) is 0. The number of aromatic nitrogens is 3. The predicted molar refractivity (Wildman–Crippen MR) is 74.9 cm³/mol. The summed E-state index contributed by atoms with van der Waals surface area (Å²) in [7, 11) is 0. The monoisotopic (exact) mass is 256 g/mol. The minimum atomic E-state index is 0.124. The van der Waals surface area contributed by atoms with Gasteiger partial charge in [0.25, 0.3) is 0 Å². The van der Waals surface area contributed by atoms with Crippen LogP contribution in [0.15, 0.2) is 30.5 Å². The van der Waals surface area contributed by atoms with E-state index >= 15 is 0 Å². The second-order valence-electron chi connectivity index (χ2n) is 5.18. The van der Waals surface area contributed by atoms with Gasteiger partial charge in [0.15, 0.2) is 0 Å². The lowest BCUT2D eigenvalue weighted by molar-refractivity contribution is 0.419. The van der Waals surface area contributed by atoms with Gasteiger partial charge < -0.3 is 5.32 Å². The summed E-state index contributed by atoms with van der Waals surface area (Å²) in [5.74, 6) is 0.790. The van der Waals surface area contributed by atoms with Crippen molar-refractivity contribution in [3.05, 3.63) is 47.3 Å². The number of H-pyrrole nitrogens is 1. The van der Waals surface area contributed by atoms with Gasteiger partial charge in [-0.15, -0.1) is 0 Å². The fourth-order valence-electron chi connectivity index (χ4n) is 2.65. The van der Waals surface area contributed by atoms with Crippen molar-refractivity contribution in [2.45, 2.75) is 38.1 Å². The molecule has 1 aromatic carbocycles. The SMILES string of the molecule is CCNC(c1ccc(C2CCC2)cc1)c1cn[nH]n1. The summed E-state index contributed by atoms with van der Waals surface area (Å²) in [6.45, 7) is 3.01. The standard InChI is InChI=1S/C15H20N4/c1-2-16-15(14-10-17-19-18-14)13-8-6-12(7-9-13)11-4-3-5-11/h6-11,15-16H,2-5H2,1H3,(H,17,18,19). The number of rotatable bonds is 5. The van der Waals surface area contributed by atoms with Crippen LogP contribution in [-0.4, -0.2) is 22.0 Å². The van der Waals surface area contributed by atoms with E-state index in [9.17, 15) is 0 Å². The highest BCUT2D eigenvalue weighted by Gasteiger charge is 2.20. The first kappa shape index (κ1) is 12.4. The Balaban J connectivity index is 1.81. The second kappa shape index (κ2) is 5.53. The molecule has 4 nitrogen and oxygen atoms in total. The summed E-state index contributed by atoms with van der Waals surface area (Å²) in [6.07, 6.45) is 5.86. The first-order valence-corrected chi connectivity index (χ1v) is 7.07. The molecule has 1 aliphatic carbocycles. The van der Waals surface area contributed by atoms with Gasteiger partial charge in [-0.2, -0.15) is 15.4 Å². The molecule has 1 unspecified atom stereocenters. The van der Waals surface area contributed by atoms with Gasteiger partial charge in [-0.05, 0) is 36.4 Å². The third-order valence-corrected chi connectivity index (χ3v) is 3.98. The van der Waals surface area contributed by atoms with E-state index in [4.69, 9.17) is 0 Å². The Morgan fingerprint density at radius 1 is 1.32 bits per heavy atom. The largest absolute Gasteiger partial charge is 0.305 e. The lowest BCUT2D eigenvalue weighted by atomic mass is 9.80. The third kappa shape index (κ3) is 2.54. The van der Waals surface area contributed by atoms with Crippen molar-refractivity contribution in [3.63, 3.8) is 0 Å². The summed E-state index contributed by atoms with van der Waals surface area (Å²) in [5.41, 5.74) is 3.67. The van der Waals surface area contributed by atoms with Gasteiger partial charge in [0.05, 0.1) is 12.2 Å². The molecule has 1 atom stereocenters. The molecule has 3 rings (SSSR count). The van der Waals surface area contributed by atoms with Crippen LogP contribution in [-0.2, 0) is 0 Å². The molecule has 1 fully saturated rings. The van der Waals surface area contributed by atoms with Crippen LogP contribution >= 0.6 is 0 Å². The topological polar surface area (TPSA) is 53.6 Å². The zero-order chi connectivity index (χ0) is 13.1. The molecular formula is C15H20N4. The van der Waals surface area contributed by atoms with E-state index in [1.54, 1.807) is 6.20 Å². The highest BCUT2D eigenvalue weighted by atomic mass is 15.3. The normalized spacial score (nSPS) is 17.1. The molecule has 1 heterocycles. The number of benzene rings is 1. The molecule has 19 heavy (non-hydrogen) atoms. The Hall–Kier alpha value is -1.68. The van der Waals surface area contributed by atoms with Crippen LogP contribution < -0.4 is 5.32 Å². The van der Waals surface area contributed by atoms with Crippen molar-refractivity contribution in [3.8, 4) is 0 Å². The molecule has 1 aromatic heterocycles. The average molecular weight is 256 g/mol. The van der Waals surface area contributed by atoms with Crippen molar-refractivity contribution in [1.29, 1.82) is 0 Å². The highest BCUT2D eigenvalue weighted by molar-refractivity contribution is 5.31. The van der Waals surface area contributed by atoms with Crippen molar-refractivity contribution < 1.29 is 0 Å². The quantitative estimate of drug-likeness (QED) is 0.865. The van der Waals surface area contributed by atoms with E-state index in [-0.39, 0.29) is 6.04 Å². The minimum Gasteiger partial charge on any atom is -0.305 e. The van der Waals surface area contributed by atoms with Crippen LogP contribution in [0.2, 0.25) is 0 Å². The van der Waals surface area contributed by atoms with Crippen molar-refractivity contribution in [2.75, 3.05) is 6.54 Å². The molecule has 1 aliphatic rings. The average Bonchev–Trinajstić information content (AvgIpc) is 2.89. The summed E-state index contributed by atoms with van der Waals surface area (Å²) >= 11 is 0. The molecule has 0 saturated heterocycles. The van der Waals surface area contributed by atoms with Crippen molar-refractivity contribution in [1.82, 2.24) is 20.7 Å². The molecule has 0 radical (unpaired) electrons. The first-order chi connectivity index (χ1) is 9.38. The molecule has 4 heteroatoms. The van der Waals surface area contributed by atoms with E-state index in [1.807, 2.05) is 0 Å². The third-order valence-electron chi connectivity index (χ3n) is 3.98. The van der Waals surface area contributed by atoms with Gasteiger partial charge in [-0.3, -0.25) is 0 Å². The summed E-state index contributed by atoms with van der Waals surface area (Å²) < 4.78 is 0. The van der Waals surface area contributed by atoms with Crippen molar-refractivity contribution in [2.24, 2.45) is 0 Å². The fraction of sp³-hybridized carbons (Fsp3) is 0.467. The number of hydrogen-bond acceptors (Lipinski definition) is 3. The molecule has 0 bridgehead atoms. The van der Waals surface area contributed by atoms with Crippen LogP contribution in [0.4, 0.5) is 0 Å². The summed E-state index contributed by atoms with van der Waals surface area (Å²) in [5, 5.41) is 14.2. The maximum atomic E-state index is 4.20. The number of hydrogen-bond donors (Lipinski definition) is 2. The Morgan fingerprint density at radius 3 is 2.63 bits per heavy atom. The molecule has 0 amide bonds. The Labute approximate surface area is 113 Å². The van der Waals surface area contributed by atoms with E-state index in [0.717, 1.165) is 18.2 Å². The molecular weight excluding hydrogens is 236 g/mol. The van der Waals surface area contributed by atoms with Crippen LogP contribution in [0.3, 0.4) is 0 Å². The Morgan fingerprint density at radius 2 is 2.11 bits per heavy atom. The number of aromatic amines is 1. The predicted octanol–water partition coefficient (Wildman–Crippen LogP) is 2.77. The van der Waals surface area contributed by atoms with Gasteiger partial charge in [-0.25, -0.2) is 0 Å². The van der Waals surface area contributed by atoms with Crippen LogP contribution in [0.1, 0.15) is 55.0 Å². The van der Waals surface area contributed by atoms with Crippen molar-refractivity contribution >= 4 is 0 Å². The molecule has 0 aliphatic heterocycles. The van der Waals surface area contributed by atoms with Gasteiger partial charge in [0, 0.05) is 0 Å². The molecule has 1 saturated carbocycles. The molecule has 2 aromatic rings. The fourth-order valence-corrected chi connectivity index (χ4v) is 2.65. The molecule has 100 valence electrons. The van der Waals surface area contributed by atoms with Crippen LogP contribution in [0, 0.1) is 0 Å². The zero-order valence-electron chi connectivity index (χ0n) is 11.3. The van der Waals surface area contributed by atoms with Crippen LogP contribution in [0.25, 0.3) is 0 Å². The minimum absolute atomic E-state index is 0.124. The Kier molecular flexibility index (Phi) is 3.60. The van der Waals surface area contributed by atoms with E-state index in [0.29, 0.717) is 0 Å². The maximum absolute atomic E-state index is 4.20. The second-order valence-corrected chi connectivity index (χ2v) is 5.18. The molecule has 2 N–H and O–H groups in total. The van der Waals surface area contributed by atoms with Gasteiger partial charge in [0.1, 0.15) is 5.69 Å². The highest BCUT2D eigenvalue weighted by Crippen LogP contribution is 2.36. The number of nitrogens with one attached hydrogen (secondary N) is 2. The van der Waals surface area contributed by atoms with Gasteiger partial charge >= 0.3 is 0 Å². The Bertz CT molecular complexity index is 499. The van der Waals surface area contributed by atoms with Gasteiger partial charge in [-0.1, -0.05) is 37.6 Å². The number of nitrogens with zero attached hydrogens (tertiary/aromatic N) is 2. The maximum Gasteiger partial charge on any atom is 0.104 e. The smallest absolute Gasteiger partial charge is 0.104 e. The zero-order valence-corrected chi connectivity index (χ0v) is 11.3. The van der Waals surface area contributed by atoms with E-state index in [1.165, 1.54) is 30.4 Å². The van der Waals surface area contributed by atoms with E-state index < -0.39 is 0 Å². The van der Waals surface area contributed by atoms with Crippen LogP contribution in [0.5, 0.6) is 0 Å². The van der Waals surface area contributed by atoms with Gasteiger partial charge in [0.2, 0.25) is 0 Å². The lowest BCUT2D eigenvalue weighted by Gasteiger charge is -2.26. The lowest BCUT2D eigenvalue weighted by Crippen LogP contribution is -2.22. The van der Waals surface area contributed by atoms with E-state index in [2.05, 4.69) is 51.9 Å².